The topological polar surface area (TPSA) is 62.2 Å². The Hall–Kier alpha value is -3.10. The zero-order valence-electron chi connectivity index (χ0n) is 17.9. The average Bonchev–Trinajstić information content (AvgIpc) is 2.79. The predicted octanol–water partition coefficient (Wildman–Crippen LogP) is 3.02. The largest absolute Gasteiger partial charge is 0.493 e. The zero-order valence-corrected chi connectivity index (χ0v) is 17.9. The van der Waals surface area contributed by atoms with Gasteiger partial charge in [0.05, 0.1) is 7.11 Å². The van der Waals surface area contributed by atoms with Crippen LogP contribution in [0.25, 0.3) is 0 Å². The summed E-state index contributed by atoms with van der Waals surface area (Å²) in [4.78, 5) is 13.7. The van der Waals surface area contributed by atoms with Crippen molar-refractivity contribution in [3.63, 3.8) is 0 Å². The smallest absolute Gasteiger partial charge is 0.387 e. The highest BCUT2D eigenvalue weighted by atomic mass is 19.3. The van der Waals surface area contributed by atoms with Crippen LogP contribution in [-0.2, 0) is 6.42 Å². The number of alkyl halides is 2. The van der Waals surface area contributed by atoms with Crippen molar-refractivity contribution in [3.05, 3.63) is 48.2 Å². The second kappa shape index (κ2) is 11.3. The SMILES string of the molecule is CCNC(=NCCc1ccc(OC)c(OC(F)F)c1)N1CCN(c2ccccn2)CC1. The van der Waals surface area contributed by atoms with E-state index in [9.17, 15) is 8.78 Å². The van der Waals surface area contributed by atoms with Crippen LogP contribution in [-0.4, -0.2) is 68.8 Å². The van der Waals surface area contributed by atoms with E-state index in [1.165, 1.54) is 7.11 Å². The van der Waals surface area contributed by atoms with Crippen molar-refractivity contribution in [3.8, 4) is 11.5 Å². The van der Waals surface area contributed by atoms with Crippen LogP contribution in [0.4, 0.5) is 14.6 Å². The Bertz CT molecular complexity index is 843. The number of nitrogens with one attached hydrogen (secondary N) is 1. The summed E-state index contributed by atoms with van der Waals surface area (Å²) in [6, 6.07) is 11.0. The number of piperazine rings is 1. The lowest BCUT2D eigenvalue weighted by Crippen LogP contribution is -2.52. The Kier molecular flexibility index (Phi) is 8.26. The van der Waals surface area contributed by atoms with Crippen LogP contribution >= 0.6 is 0 Å². The maximum absolute atomic E-state index is 12.6. The number of guanidine groups is 1. The molecule has 1 N–H and O–H groups in total. The fourth-order valence-corrected chi connectivity index (χ4v) is 3.47. The molecule has 0 atom stereocenters. The number of benzene rings is 1. The van der Waals surface area contributed by atoms with Gasteiger partial charge in [0.15, 0.2) is 17.5 Å². The summed E-state index contributed by atoms with van der Waals surface area (Å²) in [7, 11) is 1.42. The number of aromatic nitrogens is 1. The monoisotopic (exact) mass is 433 g/mol. The third-order valence-corrected chi connectivity index (χ3v) is 4.99. The highest BCUT2D eigenvalue weighted by Gasteiger charge is 2.20. The van der Waals surface area contributed by atoms with E-state index in [2.05, 4.69) is 24.8 Å². The van der Waals surface area contributed by atoms with Crippen LogP contribution in [0.1, 0.15) is 12.5 Å². The number of methoxy groups -OCH3 is 1. The van der Waals surface area contributed by atoms with Crippen LogP contribution in [0.3, 0.4) is 0 Å². The molecule has 0 saturated carbocycles. The first-order chi connectivity index (χ1) is 15.1. The second-order valence-electron chi connectivity index (χ2n) is 7.01. The van der Waals surface area contributed by atoms with Crippen LogP contribution < -0.4 is 19.7 Å². The van der Waals surface area contributed by atoms with Crippen LogP contribution in [0, 0.1) is 0 Å². The summed E-state index contributed by atoms with van der Waals surface area (Å²) in [6.07, 6.45) is 2.41. The van der Waals surface area contributed by atoms with Gasteiger partial charge in [0.1, 0.15) is 5.82 Å². The summed E-state index contributed by atoms with van der Waals surface area (Å²) in [5.41, 5.74) is 0.857. The van der Waals surface area contributed by atoms with Crippen molar-refractivity contribution in [1.29, 1.82) is 0 Å². The lowest BCUT2D eigenvalue weighted by Gasteiger charge is -2.37. The molecule has 0 aliphatic carbocycles. The van der Waals surface area contributed by atoms with E-state index in [0.717, 1.165) is 50.1 Å². The van der Waals surface area contributed by atoms with Crippen LogP contribution in [0.5, 0.6) is 11.5 Å². The molecule has 1 aliphatic rings. The molecular formula is C22H29F2N5O2. The van der Waals surface area contributed by atoms with Gasteiger partial charge in [0.2, 0.25) is 0 Å². The highest BCUT2D eigenvalue weighted by Crippen LogP contribution is 2.29. The maximum atomic E-state index is 12.6. The Morgan fingerprint density at radius 3 is 2.61 bits per heavy atom. The third kappa shape index (κ3) is 6.44. The van der Waals surface area contributed by atoms with Gasteiger partial charge < -0.3 is 24.6 Å². The predicted molar refractivity (Wildman–Crippen MR) is 117 cm³/mol. The normalized spacial score (nSPS) is 14.7. The molecule has 1 aromatic heterocycles. The van der Waals surface area contributed by atoms with Gasteiger partial charge >= 0.3 is 6.61 Å². The number of hydrogen-bond donors (Lipinski definition) is 1. The summed E-state index contributed by atoms with van der Waals surface area (Å²) < 4.78 is 34.9. The lowest BCUT2D eigenvalue weighted by molar-refractivity contribution is -0.0512. The van der Waals surface area contributed by atoms with E-state index >= 15 is 0 Å². The van der Waals surface area contributed by atoms with Gasteiger partial charge in [0.25, 0.3) is 0 Å². The van der Waals surface area contributed by atoms with Gasteiger partial charge in [-0.2, -0.15) is 8.78 Å². The molecule has 0 bridgehead atoms. The standard InChI is InChI=1S/C22H29F2N5O2/c1-3-25-22(29-14-12-28(13-15-29)20-6-4-5-10-26-20)27-11-9-17-7-8-18(30-2)19(16-17)31-21(23)24/h4-8,10,16,21H,3,9,11-15H2,1-2H3,(H,25,27). The van der Waals surface area contributed by atoms with Crippen molar-refractivity contribution < 1.29 is 18.3 Å². The molecule has 1 fully saturated rings. The van der Waals surface area contributed by atoms with E-state index in [-0.39, 0.29) is 11.5 Å². The Morgan fingerprint density at radius 2 is 1.97 bits per heavy atom. The lowest BCUT2D eigenvalue weighted by atomic mass is 10.1. The number of halogens is 2. The van der Waals surface area contributed by atoms with E-state index in [1.807, 2.05) is 37.4 Å². The number of aliphatic imine (C=N–C) groups is 1. The summed E-state index contributed by atoms with van der Waals surface area (Å²) in [5.74, 6) is 2.18. The molecule has 0 radical (unpaired) electrons. The van der Waals surface area contributed by atoms with Gasteiger partial charge in [-0.1, -0.05) is 12.1 Å². The van der Waals surface area contributed by atoms with E-state index in [4.69, 9.17) is 9.73 Å². The van der Waals surface area contributed by atoms with Crippen molar-refractivity contribution in [2.45, 2.75) is 20.0 Å². The molecular weight excluding hydrogens is 404 g/mol. The van der Waals surface area contributed by atoms with Gasteiger partial charge in [-0.15, -0.1) is 0 Å². The van der Waals surface area contributed by atoms with Gasteiger partial charge in [-0.25, -0.2) is 4.98 Å². The minimum atomic E-state index is -2.90. The number of nitrogens with zero attached hydrogens (tertiary/aromatic N) is 4. The van der Waals surface area contributed by atoms with Crippen LogP contribution in [0.15, 0.2) is 47.6 Å². The van der Waals surface area contributed by atoms with E-state index in [0.29, 0.717) is 13.0 Å². The fourth-order valence-electron chi connectivity index (χ4n) is 3.47. The summed E-state index contributed by atoms with van der Waals surface area (Å²) in [6.45, 7) is 3.87. The first-order valence-corrected chi connectivity index (χ1v) is 10.4. The molecule has 31 heavy (non-hydrogen) atoms. The zero-order chi connectivity index (χ0) is 22.1. The van der Waals surface area contributed by atoms with Gasteiger partial charge in [-0.05, 0) is 43.2 Å². The number of anilines is 1. The Labute approximate surface area is 181 Å². The van der Waals surface area contributed by atoms with Crippen molar-refractivity contribution in [2.75, 3.05) is 51.3 Å². The average molecular weight is 434 g/mol. The molecule has 1 aromatic carbocycles. The van der Waals surface area contributed by atoms with Crippen molar-refractivity contribution in [1.82, 2.24) is 15.2 Å². The molecule has 0 spiro atoms. The number of pyridine rings is 1. The van der Waals surface area contributed by atoms with Crippen LogP contribution in [0.2, 0.25) is 0 Å². The number of ether oxygens (including phenoxy) is 2. The van der Waals surface area contributed by atoms with E-state index < -0.39 is 6.61 Å². The maximum Gasteiger partial charge on any atom is 0.387 e. The molecule has 9 heteroatoms. The minimum Gasteiger partial charge on any atom is -0.493 e. The Balaban J connectivity index is 1.59. The second-order valence-corrected chi connectivity index (χ2v) is 7.01. The van der Waals surface area contributed by atoms with Crippen molar-refractivity contribution in [2.24, 2.45) is 4.99 Å². The van der Waals surface area contributed by atoms with Gasteiger partial charge in [-0.3, -0.25) is 4.99 Å². The molecule has 2 aromatic rings. The van der Waals surface area contributed by atoms with E-state index in [1.54, 1.807) is 12.1 Å². The number of hydrogen-bond acceptors (Lipinski definition) is 5. The molecule has 3 rings (SSSR count). The molecule has 1 aliphatic heterocycles. The molecule has 0 unspecified atom stereocenters. The first kappa shape index (κ1) is 22.6. The summed E-state index contributed by atoms with van der Waals surface area (Å²) in [5, 5.41) is 3.35. The van der Waals surface area contributed by atoms with Crippen molar-refractivity contribution >= 4 is 11.8 Å². The molecule has 1 saturated heterocycles. The number of rotatable bonds is 8. The highest BCUT2D eigenvalue weighted by molar-refractivity contribution is 5.80. The third-order valence-electron chi connectivity index (χ3n) is 4.99. The molecule has 2 heterocycles. The molecule has 7 nitrogen and oxygen atoms in total. The molecule has 0 amide bonds. The quantitative estimate of drug-likeness (QED) is 0.510. The Morgan fingerprint density at radius 1 is 1.16 bits per heavy atom. The fraction of sp³-hybridized carbons (Fsp3) is 0.455. The summed E-state index contributed by atoms with van der Waals surface area (Å²) >= 11 is 0. The molecule has 168 valence electrons. The minimum absolute atomic E-state index is 0.0385. The first-order valence-electron chi connectivity index (χ1n) is 10.4. The van der Waals surface area contributed by atoms with Gasteiger partial charge in [0, 0.05) is 45.5 Å².